The number of aliphatic hydroxyl groups is 2. The van der Waals surface area contributed by atoms with Crippen molar-refractivity contribution >= 4 is 5.78 Å². The predicted molar refractivity (Wildman–Crippen MR) is 63.1 cm³/mol. The molecule has 3 heteroatoms. The van der Waals surface area contributed by atoms with E-state index in [9.17, 15) is 15.0 Å². The molecule has 0 aromatic carbocycles. The zero-order chi connectivity index (χ0) is 12.1. The lowest BCUT2D eigenvalue weighted by Crippen LogP contribution is -2.38. The van der Waals surface area contributed by atoms with Gasteiger partial charge in [0.25, 0.3) is 0 Å². The Kier molecular flexibility index (Phi) is 5.42. The molecule has 16 heavy (non-hydrogen) atoms. The molecule has 3 atom stereocenters. The zero-order valence-corrected chi connectivity index (χ0v) is 10.4. The third-order valence-corrected chi connectivity index (χ3v) is 3.44. The average molecular weight is 228 g/mol. The topological polar surface area (TPSA) is 57.5 Å². The van der Waals surface area contributed by atoms with Crippen LogP contribution in [0.25, 0.3) is 0 Å². The van der Waals surface area contributed by atoms with Crippen molar-refractivity contribution in [3.05, 3.63) is 0 Å². The van der Waals surface area contributed by atoms with Crippen LogP contribution >= 0.6 is 0 Å². The van der Waals surface area contributed by atoms with E-state index in [1.807, 2.05) is 0 Å². The van der Waals surface area contributed by atoms with E-state index in [-0.39, 0.29) is 11.7 Å². The molecule has 0 heterocycles. The number of carbonyl (C=O) groups is 1. The van der Waals surface area contributed by atoms with Gasteiger partial charge in [-0.15, -0.1) is 0 Å². The molecule has 0 aliphatic heterocycles. The van der Waals surface area contributed by atoms with Crippen LogP contribution in [0.15, 0.2) is 0 Å². The van der Waals surface area contributed by atoms with E-state index < -0.39 is 12.2 Å². The van der Waals surface area contributed by atoms with Crippen LogP contribution in [0.5, 0.6) is 0 Å². The molecule has 3 unspecified atom stereocenters. The summed E-state index contributed by atoms with van der Waals surface area (Å²) in [5.74, 6) is 0.751. The van der Waals surface area contributed by atoms with Gasteiger partial charge in [-0.2, -0.15) is 0 Å². The molecular formula is C13H24O3. The Morgan fingerprint density at radius 1 is 1.31 bits per heavy atom. The summed E-state index contributed by atoms with van der Waals surface area (Å²) in [6.07, 6.45) is 3.09. The van der Waals surface area contributed by atoms with Crippen molar-refractivity contribution in [3.63, 3.8) is 0 Å². The summed E-state index contributed by atoms with van der Waals surface area (Å²) in [5, 5.41) is 19.3. The lowest BCUT2D eigenvalue weighted by molar-refractivity contribution is -0.123. The van der Waals surface area contributed by atoms with Crippen LogP contribution in [0.2, 0.25) is 0 Å². The molecule has 0 aromatic rings. The van der Waals surface area contributed by atoms with E-state index in [0.29, 0.717) is 25.2 Å². The van der Waals surface area contributed by atoms with Gasteiger partial charge in [-0.1, -0.05) is 20.3 Å². The third-order valence-electron chi connectivity index (χ3n) is 3.44. The number of ketones is 1. The molecule has 0 radical (unpaired) electrons. The molecular weight excluding hydrogens is 204 g/mol. The van der Waals surface area contributed by atoms with Crippen LogP contribution in [0.1, 0.15) is 52.4 Å². The van der Waals surface area contributed by atoms with Gasteiger partial charge in [-0.05, 0) is 31.1 Å². The first kappa shape index (κ1) is 13.7. The van der Waals surface area contributed by atoms with Crippen molar-refractivity contribution in [1.82, 2.24) is 0 Å². The SMILES string of the molecule is CC(C)CCC(=O)CC1CCCC(O)C1O. The maximum Gasteiger partial charge on any atom is 0.133 e. The standard InChI is InChI=1S/C13H24O3/c1-9(2)6-7-11(14)8-10-4-3-5-12(15)13(10)16/h9-10,12-13,15-16H,3-8H2,1-2H3. The number of Topliss-reactive ketones (excluding diaryl/α,β-unsaturated/α-hetero) is 1. The maximum absolute atomic E-state index is 11.7. The summed E-state index contributed by atoms with van der Waals surface area (Å²) in [5.41, 5.74) is 0. The molecule has 1 fully saturated rings. The Labute approximate surface area is 97.9 Å². The van der Waals surface area contributed by atoms with Gasteiger partial charge in [-0.25, -0.2) is 0 Å². The molecule has 0 amide bonds. The number of rotatable bonds is 5. The molecule has 0 bridgehead atoms. The highest BCUT2D eigenvalue weighted by Crippen LogP contribution is 2.28. The minimum absolute atomic E-state index is 0.0246. The number of hydrogen-bond acceptors (Lipinski definition) is 3. The molecule has 0 saturated heterocycles. The first-order valence-electron chi connectivity index (χ1n) is 6.38. The third kappa shape index (κ3) is 4.22. The molecule has 2 N–H and O–H groups in total. The Hall–Kier alpha value is -0.410. The van der Waals surface area contributed by atoms with Crippen molar-refractivity contribution in [2.75, 3.05) is 0 Å². The summed E-state index contributed by atoms with van der Waals surface area (Å²) in [4.78, 5) is 11.7. The normalized spacial score (nSPS) is 30.7. The first-order chi connectivity index (χ1) is 7.50. The number of aliphatic hydroxyl groups excluding tert-OH is 2. The molecule has 1 rings (SSSR count). The summed E-state index contributed by atoms with van der Waals surface area (Å²) >= 11 is 0. The van der Waals surface area contributed by atoms with E-state index in [4.69, 9.17) is 0 Å². The summed E-state index contributed by atoms with van der Waals surface area (Å²) in [7, 11) is 0. The second kappa shape index (κ2) is 6.36. The fourth-order valence-corrected chi connectivity index (χ4v) is 2.31. The van der Waals surface area contributed by atoms with Gasteiger partial charge in [0.1, 0.15) is 5.78 Å². The Morgan fingerprint density at radius 2 is 2.00 bits per heavy atom. The largest absolute Gasteiger partial charge is 0.390 e. The van der Waals surface area contributed by atoms with Crippen LogP contribution in [0.3, 0.4) is 0 Å². The van der Waals surface area contributed by atoms with Gasteiger partial charge >= 0.3 is 0 Å². The van der Waals surface area contributed by atoms with E-state index in [2.05, 4.69) is 13.8 Å². The van der Waals surface area contributed by atoms with Crippen LogP contribution in [-0.4, -0.2) is 28.2 Å². The molecule has 1 aliphatic rings. The van der Waals surface area contributed by atoms with Crippen LogP contribution in [0, 0.1) is 11.8 Å². The fraction of sp³-hybridized carbons (Fsp3) is 0.923. The fourth-order valence-electron chi connectivity index (χ4n) is 2.31. The Bertz CT molecular complexity index is 225. The molecule has 3 nitrogen and oxygen atoms in total. The zero-order valence-electron chi connectivity index (χ0n) is 10.4. The Balaban J connectivity index is 2.32. The van der Waals surface area contributed by atoms with Crippen molar-refractivity contribution in [3.8, 4) is 0 Å². The van der Waals surface area contributed by atoms with Gasteiger partial charge in [0.05, 0.1) is 12.2 Å². The monoisotopic (exact) mass is 228 g/mol. The van der Waals surface area contributed by atoms with Gasteiger partial charge < -0.3 is 10.2 Å². The summed E-state index contributed by atoms with van der Waals surface area (Å²) < 4.78 is 0. The van der Waals surface area contributed by atoms with Crippen molar-refractivity contribution < 1.29 is 15.0 Å². The number of hydrogen-bond donors (Lipinski definition) is 2. The highest BCUT2D eigenvalue weighted by molar-refractivity contribution is 5.78. The summed E-state index contributed by atoms with van der Waals surface area (Å²) in [6, 6.07) is 0. The van der Waals surface area contributed by atoms with Crippen molar-refractivity contribution in [2.24, 2.45) is 11.8 Å². The quantitative estimate of drug-likeness (QED) is 0.755. The summed E-state index contributed by atoms with van der Waals surface area (Å²) in [6.45, 7) is 4.21. The minimum Gasteiger partial charge on any atom is -0.390 e. The molecule has 1 aliphatic carbocycles. The Morgan fingerprint density at radius 3 is 2.62 bits per heavy atom. The molecule has 94 valence electrons. The average Bonchev–Trinajstić information content (AvgIpc) is 2.22. The molecule has 1 saturated carbocycles. The van der Waals surface area contributed by atoms with Gasteiger partial charge in [-0.3, -0.25) is 4.79 Å². The van der Waals surface area contributed by atoms with Gasteiger partial charge in [0.2, 0.25) is 0 Å². The van der Waals surface area contributed by atoms with E-state index in [1.165, 1.54) is 0 Å². The number of carbonyl (C=O) groups excluding carboxylic acids is 1. The smallest absolute Gasteiger partial charge is 0.133 e. The highest BCUT2D eigenvalue weighted by atomic mass is 16.3. The first-order valence-corrected chi connectivity index (χ1v) is 6.38. The highest BCUT2D eigenvalue weighted by Gasteiger charge is 2.31. The maximum atomic E-state index is 11.7. The van der Waals surface area contributed by atoms with E-state index in [0.717, 1.165) is 19.3 Å². The lowest BCUT2D eigenvalue weighted by atomic mass is 9.81. The molecule has 0 aromatic heterocycles. The van der Waals surface area contributed by atoms with Crippen LogP contribution < -0.4 is 0 Å². The van der Waals surface area contributed by atoms with E-state index in [1.54, 1.807) is 0 Å². The second-order valence-electron chi connectivity index (χ2n) is 5.42. The van der Waals surface area contributed by atoms with Crippen LogP contribution in [-0.2, 0) is 4.79 Å². The second-order valence-corrected chi connectivity index (χ2v) is 5.42. The van der Waals surface area contributed by atoms with E-state index >= 15 is 0 Å². The van der Waals surface area contributed by atoms with Gasteiger partial charge in [0.15, 0.2) is 0 Å². The lowest BCUT2D eigenvalue weighted by Gasteiger charge is -2.31. The minimum atomic E-state index is -0.697. The van der Waals surface area contributed by atoms with Crippen molar-refractivity contribution in [2.45, 2.75) is 64.6 Å². The van der Waals surface area contributed by atoms with Crippen molar-refractivity contribution in [1.29, 1.82) is 0 Å². The van der Waals surface area contributed by atoms with Gasteiger partial charge in [0, 0.05) is 12.8 Å². The van der Waals surface area contributed by atoms with Crippen LogP contribution in [0.4, 0.5) is 0 Å². The molecule has 0 spiro atoms. The predicted octanol–water partition coefficient (Wildman–Crippen LogP) is 1.90.